The molecule has 0 unspecified atom stereocenters. The summed E-state index contributed by atoms with van der Waals surface area (Å²) in [6.45, 7) is 0. The number of unbranched alkanes of at least 4 members (excludes halogenated alkanes) is 3. The zero-order valence-corrected chi connectivity index (χ0v) is 6.16. The molecule has 0 saturated carbocycles. The summed E-state index contributed by atoms with van der Waals surface area (Å²) in [7, 11) is 0. The van der Waals surface area contributed by atoms with Crippen LogP contribution in [0.5, 0.6) is 0 Å². The van der Waals surface area contributed by atoms with Crippen molar-refractivity contribution >= 4 is 12.6 Å². The average Bonchev–Trinajstić information content (AvgIpc) is 1.89. The number of allylic oxidation sites excluding steroid dienone is 1. The largest absolute Gasteiger partial charge is 0.198 e. The number of nitriles is 1. The third-order valence-corrected chi connectivity index (χ3v) is 1.20. The third-order valence-electron chi connectivity index (χ3n) is 1.01. The lowest BCUT2D eigenvalue weighted by molar-refractivity contribution is 0.768. The third kappa shape index (κ3) is 7.45. The Hall–Kier alpha value is -0.550. The van der Waals surface area contributed by atoms with Gasteiger partial charge in [-0.2, -0.15) is 5.26 Å². The van der Waals surface area contributed by atoms with Crippen LogP contribution in [0.3, 0.4) is 0 Å². The predicted octanol–water partition coefficient (Wildman–Crippen LogP) is 2.78. The van der Waals surface area contributed by atoms with Crippen molar-refractivity contribution in [3.05, 3.63) is 11.5 Å². The van der Waals surface area contributed by atoms with E-state index in [2.05, 4.69) is 18.7 Å². The summed E-state index contributed by atoms with van der Waals surface area (Å²) >= 11 is 4.58. The molecule has 0 heterocycles. The molecule has 1 radical (unpaired) electrons. The van der Waals surface area contributed by atoms with E-state index in [-0.39, 0.29) is 0 Å². The number of nitrogens with zero attached hydrogens (tertiary/aromatic N) is 1. The van der Waals surface area contributed by atoms with Gasteiger partial charge in [-0.3, -0.25) is 0 Å². The van der Waals surface area contributed by atoms with E-state index in [9.17, 15) is 0 Å². The van der Waals surface area contributed by atoms with Crippen molar-refractivity contribution in [3.8, 4) is 6.07 Å². The molecule has 9 heavy (non-hydrogen) atoms. The van der Waals surface area contributed by atoms with Crippen molar-refractivity contribution < 1.29 is 0 Å². The van der Waals surface area contributed by atoms with E-state index in [0.29, 0.717) is 6.42 Å². The van der Waals surface area contributed by atoms with Crippen LogP contribution in [0.25, 0.3) is 0 Å². The lowest BCUT2D eigenvalue weighted by atomic mass is 10.2. The molecule has 0 aromatic heterocycles. The van der Waals surface area contributed by atoms with Crippen molar-refractivity contribution in [2.45, 2.75) is 25.7 Å². The number of rotatable bonds is 4. The Kier molecular flexibility index (Phi) is 6.99. The van der Waals surface area contributed by atoms with Crippen LogP contribution in [0.1, 0.15) is 25.7 Å². The van der Waals surface area contributed by atoms with E-state index in [1.54, 1.807) is 5.41 Å². The van der Waals surface area contributed by atoms with Crippen LogP contribution >= 0.6 is 12.6 Å². The van der Waals surface area contributed by atoms with Crippen molar-refractivity contribution in [3.63, 3.8) is 0 Å². The first-order chi connectivity index (χ1) is 4.41. The summed E-state index contributed by atoms with van der Waals surface area (Å²) in [5, 5.41) is 9.77. The van der Waals surface area contributed by atoms with Gasteiger partial charge in [0.2, 0.25) is 0 Å². The highest BCUT2D eigenvalue weighted by molar-refractivity contribution is 7.83. The van der Waals surface area contributed by atoms with E-state index in [1.165, 1.54) is 0 Å². The maximum atomic E-state index is 8.13. The Balaban J connectivity index is 2.85. The molecule has 0 aliphatic rings. The molecule has 2 heteroatoms. The van der Waals surface area contributed by atoms with Gasteiger partial charge in [0.05, 0.1) is 6.07 Å². The zero-order valence-electron chi connectivity index (χ0n) is 5.34. The predicted molar refractivity (Wildman–Crippen MR) is 40.8 cm³/mol. The second-order valence-corrected chi connectivity index (χ2v) is 2.05. The first-order valence-electron chi connectivity index (χ1n) is 3.05. The van der Waals surface area contributed by atoms with Crippen molar-refractivity contribution in [1.29, 1.82) is 5.26 Å². The van der Waals surface area contributed by atoms with Gasteiger partial charge in [0.15, 0.2) is 0 Å². The van der Waals surface area contributed by atoms with E-state index in [4.69, 9.17) is 5.26 Å². The molecular formula is C7H10NS. The summed E-state index contributed by atoms with van der Waals surface area (Å²) in [6, 6.07) is 2.09. The van der Waals surface area contributed by atoms with Gasteiger partial charge in [-0.25, -0.2) is 0 Å². The normalized spacial score (nSPS) is 9.67. The van der Waals surface area contributed by atoms with Gasteiger partial charge >= 0.3 is 0 Å². The summed E-state index contributed by atoms with van der Waals surface area (Å²) in [5.74, 6) is 0. The molecular weight excluding hydrogens is 130 g/mol. The van der Waals surface area contributed by atoms with E-state index in [1.807, 2.05) is 6.08 Å². The Morgan fingerprint density at radius 3 is 2.78 bits per heavy atom. The van der Waals surface area contributed by atoms with Crippen LogP contribution in [0.15, 0.2) is 11.5 Å². The van der Waals surface area contributed by atoms with Crippen LogP contribution in [-0.2, 0) is 0 Å². The first kappa shape index (κ1) is 8.45. The summed E-state index contributed by atoms with van der Waals surface area (Å²) in [5.41, 5.74) is 0. The van der Waals surface area contributed by atoms with Crippen LogP contribution in [0, 0.1) is 11.3 Å². The standard InChI is InChI=1S/C7H10NS/c8-6-4-2-1-3-5-7-9/h5,7H,1-4H2. The molecule has 0 bridgehead atoms. The quantitative estimate of drug-likeness (QED) is 0.551. The van der Waals surface area contributed by atoms with Gasteiger partial charge in [0.1, 0.15) is 0 Å². The van der Waals surface area contributed by atoms with E-state index >= 15 is 0 Å². The second kappa shape index (κ2) is 7.45. The Morgan fingerprint density at radius 1 is 1.44 bits per heavy atom. The monoisotopic (exact) mass is 140 g/mol. The number of hydrogen-bond donors (Lipinski definition) is 0. The summed E-state index contributed by atoms with van der Waals surface area (Å²) in [6.07, 6.45) is 5.72. The van der Waals surface area contributed by atoms with Crippen molar-refractivity contribution in [1.82, 2.24) is 0 Å². The van der Waals surface area contributed by atoms with Gasteiger partial charge in [-0.05, 0) is 24.7 Å². The van der Waals surface area contributed by atoms with Crippen LogP contribution in [0.2, 0.25) is 0 Å². The maximum absolute atomic E-state index is 8.13. The minimum absolute atomic E-state index is 0.672. The highest BCUT2D eigenvalue weighted by Gasteiger charge is 1.82. The fourth-order valence-electron chi connectivity index (χ4n) is 0.534. The topological polar surface area (TPSA) is 23.8 Å². The number of hydrogen-bond acceptors (Lipinski definition) is 1. The molecule has 0 rings (SSSR count). The molecule has 0 aromatic rings. The second-order valence-electron chi connectivity index (χ2n) is 1.78. The minimum atomic E-state index is 0.672. The van der Waals surface area contributed by atoms with Gasteiger partial charge in [0, 0.05) is 6.42 Å². The smallest absolute Gasteiger partial charge is 0.0621 e. The van der Waals surface area contributed by atoms with Crippen LogP contribution < -0.4 is 0 Å². The highest BCUT2D eigenvalue weighted by atomic mass is 32.1. The van der Waals surface area contributed by atoms with Gasteiger partial charge in [-0.15, -0.1) is 0 Å². The maximum Gasteiger partial charge on any atom is 0.0621 e. The van der Waals surface area contributed by atoms with E-state index < -0.39 is 0 Å². The molecule has 1 nitrogen and oxygen atoms in total. The molecule has 0 amide bonds. The molecule has 0 aliphatic heterocycles. The first-order valence-corrected chi connectivity index (χ1v) is 3.53. The van der Waals surface area contributed by atoms with Gasteiger partial charge in [0.25, 0.3) is 0 Å². The Labute approximate surface area is 61.8 Å². The molecule has 0 spiro atoms. The average molecular weight is 140 g/mol. The molecule has 49 valence electrons. The molecule has 0 aromatic carbocycles. The Bertz CT molecular complexity index is 113. The molecule has 0 N–H and O–H groups in total. The van der Waals surface area contributed by atoms with Crippen LogP contribution in [0.4, 0.5) is 0 Å². The summed E-state index contributed by atoms with van der Waals surface area (Å²) in [4.78, 5) is 0. The van der Waals surface area contributed by atoms with Crippen LogP contribution in [-0.4, -0.2) is 0 Å². The lowest BCUT2D eigenvalue weighted by Crippen LogP contribution is -1.70. The lowest BCUT2D eigenvalue weighted by Gasteiger charge is -1.87. The fraction of sp³-hybridized carbons (Fsp3) is 0.571. The van der Waals surface area contributed by atoms with Gasteiger partial charge < -0.3 is 0 Å². The SMILES string of the molecule is N#CCCCCC=C[S]. The van der Waals surface area contributed by atoms with E-state index in [0.717, 1.165) is 19.3 Å². The van der Waals surface area contributed by atoms with Gasteiger partial charge in [-0.1, -0.05) is 18.7 Å². The molecule has 0 atom stereocenters. The Morgan fingerprint density at radius 2 is 2.22 bits per heavy atom. The van der Waals surface area contributed by atoms with Crippen molar-refractivity contribution in [2.75, 3.05) is 0 Å². The van der Waals surface area contributed by atoms with Crippen molar-refractivity contribution in [2.24, 2.45) is 0 Å². The summed E-state index contributed by atoms with van der Waals surface area (Å²) < 4.78 is 0. The molecule has 0 saturated heterocycles. The zero-order chi connectivity index (χ0) is 6.95. The fourth-order valence-corrected chi connectivity index (χ4v) is 0.670. The minimum Gasteiger partial charge on any atom is -0.198 e. The molecule has 0 aliphatic carbocycles. The molecule has 0 fully saturated rings. The highest BCUT2D eigenvalue weighted by Crippen LogP contribution is 1.99.